The van der Waals surface area contributed by atoms with Crippen molar-refractivity contribution in [3.63, 3.8) is 0 Å². The van der Waals surface area contributed by atoms with Gasteiger partial charge in [-0.1, -0.05) is 18.2 Å². The summed E-state index contributed by atoms with van der Waals surface area (Å²) in [5, 5.41) is 4.59. The Balaban J connectivity index is 1.38. The molecule has 2 heterocycles. The van der Waals surface area contributed by atoms with E-state index in [4.69, 9.17) is 9.47 Å². The van der Waals surface area contributed by atoms with E-state index in [2.05, 4.69) is 5.10 Å². The molecule has 1 saturated heterocycles. The van der Waals surface area contributed by atoms with Crippen molar-refractivity contribution in [2.75, 3.05) is 19.7 Å². The number of nitrogens with zero attached hydrogens (tertiary/aromatic N) is 3. The van der Waals surface area contributed by atoms with E-state index in [1.807, 2.05) is 46.0 Å². The first-order chi connectivity index (χ1) is 14.6. The summed E-state index contributed by atoms with van der Waals surface area (Å²) < 4.78 is 12.9. The van der Waals surface area contributed by atoms with Crippen molar-refractivity contribution in [2.24, 2.45) is 0 Å². The van der Waals surface area contributed by atoms with Crippen molar-refractivity contribution < 1.29 is 19.1 Å². The highest BCUT2D eigenvalue weighted by atomic mass is 16.5. The average Bonchev–Trinajstić information content (AvgIpc) is 3.52. The van der Waals surface area contributed by atoms with Crippen molar-refractivity contribution in [2.45, 2.75) is 57.6 Å². The van der Waals surface area contributed by atoms with Gasteiger partial charge in [0.25, 0.3) is 5.91 Å². The van der Waals surface area contributed by atoms with Crippen LogP contribution in [0.5, 0.6) is 5.75 Å². The van der Waals surface area contributed by atoms with Crippen LogP contribution in [0.3, 0.4) is 0 Å². The lowest BCUT2D eigenvalue weighted by atomic mass is 10.0. The van der Waals surface area contributed by atoms with E-state index in [0.29, 0.717) is 37.1 Å². The Labute approximate surface area is 177 Å². The predicted molar refractivity (Wildman–Crippen MR) is 112 cm³/mol. The summed E-state index contributed by atoms with van der Waals surface area (Å²) in [5.74, 6) is 0.829. The van der Waals surface area contributed by atoms with Crippen LogP contribution in [0, 0.1) is 0 Å². The highest BCUT2D eigenvalue weighted by Gasteiger charge is 2.34. The van der Waals surface area contributed by atoms with Gasteiger partial charge in [0, 0.05) is 24.7 Å². The second-order valence-electron chi connectivity index (χ2n) is 8.02. The van der Waals surface area contributed by atoms with Gasteiger partial charge in [0.05, 0.1) is 12.6 Å². The topological polar surface area (TPSA) is 73.7 Å². The van der Waals surface area contributed by atoms with Crippen molar-refractivity contribution in [3.8, 4) is 5.75 Å². The van der Waals surface area contributed by atoms with Crippen molar-refractivity contribution in [3.05, 3.63) is 47.8 Å². The van der Waals surface area contributed by atoms with Gasteiger partial charge in [0.1, 0.15) is 5.75 Å². The van der Waals surface area contributed by atoms with Gasteiger partial charge in [-0.15, -0.1) is 0 Å². The van der Waals surface area contributed by atoms with Crippen molar-refractivity contribution in [1.29, 1.82) is 0 Å². The monoisotopic (exact) mass is 411 g/mol. The van der Waals surface area contributed by atoms with Crippen LogP contribution < -0.4 is 4.74 Å². The third kappa shape index (κ3) is 4.50. The molecule has 7 heteroatoms. The number of carbonyl (C=O) groups is 2. The summed E-state index contributed by atoms with van der Waals surface area (Å²) in [6.45, 7) is 5.25. The van der Waals surface area contributed by atoms with E-state index in [9.17, 15) is 9.59 Å². The first kappa shape index (κ1) is 20.4. The van der Waals surface area contributed by atoms with Crippen LogP contribution in [-0.4, -0.2) is 52.4 Å². The number of hydrogen-bond donors (Lipinski definition) is 0. The van der Waals surface area contributed by atoms with Crippen LogP contribution in [0.25, 0.3) is 0 Å². The standard InChI is InChI=1S/C23H29N3O4/c1-3-29-23(28)20-15-21(17-9-10-17)26(24-20)18-11-13-25(14-12-18)22(27)16(2)30-19-7-5-4-6-8-19/h4-8,15-18H,3,9-14H2,1-2H3/t16-/m0/s1. The van der Waals surface area contributed by atoms with Gasteiger partial charge in [0.15, 0.2) is 11.8 Å². The van der Waals surface area contributed by atoms with Crippen LogP contribution in [0.2, 0.25) is 0 Å². The van der Waals surface area contributed by atoms with Crippen molar-refractivity contribution >= 4 is 11.9 Å². The lowest BCUT2D eigenvalue weighted by molar-refractivity contribution is -0.139. The number of hydrogen-bond acceptors (Lipinski definition) is 5. The summed E-state index contributed by atoms with van der Waals surface area (Å²) in [6.07, 6.45) is 3.38. The van der Waals surface area contributed by atoms with E-state index in [0.717, 1.165) is 31.4 Å². The van der Waals surface area contributed by atoms with E-state index in [-0.39, 0.29) is 17.9 Å². The zero-order valence-electron chi connectivity index (χ0n) is 17.6. The molecule has 4 rings (SSSR count). The molecule has 0 bridgehead atoms. The van der Waals surface area contributed by atoms with Gasteiger partial charge >= 0.3 is 5.97 Å². The van der Waals surface area contributed by atoms with Crippen molar-refractivity contribution in [1.82, 2.24) is 14.7 Å². The number of likely N-dealkylation sites (tertiary alicyclic amines) is 1. The Bertz CT molecular complexity index is 883. The summed E-state index contributed by atoms with van der Waals surface area (Å²) in [4.78, 5) is 26.8. The summed E-state index contributed by atoms with van der Waals surface area (Å²) in [5.41, 5.74) is 1.52. The third-order valence-electron chi connectivity index (χ3n) is 5.77. The Kier molecular flexibility index (Phi) is 6.06. The molecular weight excluding hydrogens is 382 g/mol. The van der Waals surface area contributed by atoms with E-state index in [1.54, 1.807) is 13.8 Å². The molecule has 2 aliphatic rings. The fraction of sp³-hybridized carbons (Fsp3) is 0.522. The van der Waals surface area contributed by atoms with Gasteiger partial charge in [-0.2, -0.15) is 5.10 Å². The molecule has 7 nitrogen and oxygen atoms in total. The van der Waals surface area contributed by atoms with Gasteiger partial charge < -0.3 is 14.4 Å². The minimum absolute atomic E-state index is 0.00685. The summed E-state index contributed by atoms with van der Waals surface area (Å²) in [6, 6.07) is 11.5. The van der Waals surface area contributed by atoms with Gasteiger partial charge in [-0.3, -0.25) is 9.48 Å². The molecule has 0 N–H and O–H groups in total. The predicted octanol–water partition coefficient (Wildman–Crippen LogP) is 3.57. The number of amides is 1. The van der Waals surface area contributed by atoms with E-state index in [1.165, 1.54) is 0 Å². The Morgan fingerprint density at radius 1 is 1.13 bits per heavy atom. The summed E-state index contributed by atoms with van der Waals surface area (Å²) in [7, 11) is 0. The number of esters is 1. The lowest BCUT2D eigenvalue weighted by Gasteiger charge is -2.34. The fourth-order valence-electron chi connectivity index (χ4n) is 4.03. The molecule has 2 aromatic rings. The first-order valence-corrected chi connectivity index (χ1v) is 10.8. The Morgan fingerprint density at radius 3 is 2.47 bits per heavy atom. The molecular formula is C23H29N3O4. The van der Waals surface area contributed by atoms with Gasteiger partial charge in [-0.05, 0) is 57.7 Å². The van der Waals surface area contributed by atoms with E-state index < -0.39 is 6.10 Å². The number of carbonyl (C=O) groups excluding carboxylic acids is 2. The molecule has 1 aliphatic heterocycles. The zero-order chi connectivity index (χ0) is 21.1. The Hall–Kier alpha value is -2.83. The molecule has 1 amide bonds. The number of ether oxygens (including phenoxy) is 2. The molecule has 1 atom stereocenters. The molecule has 1 aromatic heterocycles. The highest BCUT2D eigenvalue weighted by molar-refractivity contribution is 5.87. The number of aromatic nitrogens is 2. The largest absolute Gasteiger partial charge is 0.481 e. The molecule has 30 heavy (non-hydrogen) atoms. The van der Waals surface area contributed by atoms with Crippen LogP contribution in [0.1, 0.15) is 67.7 Å². The number of benzene rings is 1. The highest BCUT2D eigenvalue weighted by Crippen LogP contribution is 2.42. The van der Waals surface area contributed by atoms with Crippen LogP contribution >= 0.6 is 0 Å². The normalized spacial score (nSPS) is 18.1. The molecule has 1 aromatic carbocycles. The molecule has 0 radical (unpaired) electrons. The molecule has 0 spiro atoms. The maximum absolute atomic E-state index is 12.8. The fourth-order valence-corrected chi connectivity index (χ4v) is 4.03. The molecule has 160 valence electrons. The number of para-hydroxylation sites is 1. The van der Waals surface area contributed by atoms with Crippen LogP contribution in [0.4, 0.5) is 0 Å². The molecule has 0 unspecified atom stereocenters. The number of piperidine rings is 1. The molecule has 2 fully saturated rings. The first-order valence-electron chi connectivity index (χ1n) is 10.8. The maximum Gasteiger partial charge on any atom is 0.358 e. The number of rotatable bonds is 7. The summed E-state index contributed by atoms with van der Waals surface area (Å²) >= 11 is 0. The average molecular weight is 412 g/mol. The third-order valence-corrected chi connectivity index (χ3v) is 5.77. The van der Waals surface area contributed by atoms with Crippen LogP contribution in [-0.2, 0) is 9.53 Å². The Morgan fingerprint density at radius 2 is 1.83 bits per heavy atom. The minimum atomic E-state index is -0.522. The van der Waals surface area contributed by atoms with Gasteiger partial charge in [-0.25, -0.2) is 4.79 Å². The quantitative estimate of drug-likeness (QED) is 0.651. The second-order valence-corrected chi connectivity index (χ2v) is 8.02. The smallest absolute Gasteiger partial charge is 0.358 e. The molecule has 1 aliphatic carbocycles. The second kappa shape index (κ2) is 8.90. The zero-order valence-corrected chi connectivity index (χ0v) is 17.6. The SMILES string of the molecule is CCOC(=O)c1cc(C2CC2)n(C2CCN(C(=O)[C@H](C)Oc3ccccc3)CC2)n1. The van der Waals surface area contributed by atoms with Gasteiger partial charge in [0.2, 0.25) is 0 Å². The van der Waals surface area contributed by atoms with E-state index >= 15 is 0 Å². The molecule has 1 saturated carbocycles. The van der Waals surface area contributed by atoms with Crippen LogP contribution in [0.15, 0.2) is 36.4 Å². The lowest BCUT2D eigenvalue weighted by Crippen LogP contribution is -2.45. The maximum atomic E-state index is 12.8. The minimum Gasteiger partial charge on any atom is -0.481 e.